The van der Waals surface area contributed by atoms with Crippen LogP contribution in [0.1, 0.15) is 53.0 Å². The van der Waals surface area contributed by atoms with Gasteiger partial charge in [0.05, 0.1) is 37.5 Å². The summed E-state index contributed by atoms with van der Waals surface area (Å²) in [6, 6.07) is 26.6. The Labute approximate surface area is 229 Å². The fourth-order valence-electron chi connectivity index (χ4n) is 2.53. The van der Waals surface area contributed by atoms with Gasteiger partial charge in [0.25, 0.3) is 5.69 Å². The molecular weight excluding hydrogens is 478 g/mol. The molecule has 6 nitrogen and oxygen atoms in total. The number of aliphatic hydroxyl groups excluding tert-OH is 1. The van der Waals surface area contributed by atoms with Crippen molar-refractivity contribution in [1.29, 1.82) is 0 Å². The summed E-state index contributed by atoms with van der Waals surface area (Å²) in [7, 11) is 0. The van der Waals surface area contributed by atoms with E-state index in [-0.39, 0.29) is 12.3 Å². The van der Waals surface area contributed by atoms with Crippen LogP contribution in [-0.4, -0.2) is 42.6 Å². The fraction of sp³-hybridized carbons (Fsp3) is 0.438. The van der Waals surface area contributed by atoms with Crippen molar-refractivity contribution in [3.63, 3.8) is 0 Å². The first kappa shape index (κ1) is 34.9. The van der Waals surface area contributed by atoms with Crippen LogP contribution in [0.4, 0.5) is 5.69 Å². The highest BCUT2D eigenvalue weighted by atomic mass is 16.6. The van der Waals surface area contributed by atoms with Gasteiger partial charge in [0.1, 0.15) is 0 Å². The predicted octanol–water partition coefficient (Wildman–Crippen LogP) is 8.12. The van der Waals surface area contributed by atoms with Gasteiger partial charge in [-0.05, 0) is 49.4 Å². The molecule has 0 aliphatic rings. The molecule has 38 heavy (non-hydrogen) atoms. The number of aryl methyl sites for hydroxylation is 1. The molecule has 3 aromatic rings. The molecule has 1 unspecified atom stereocenters. The number of hydrogen-bond acceptors (Lipinski definition) is 5. The second kappa shape index (κ2) is 23.1. The van der Waals surface area contributed by atoms with Gasteiger partial charge in [0, 0.05) is 12.1 Å². The van der Waals surface area contributed by atoms with Crippen molar-refractivity contribution >= 4 is 5.69 Å². The monoisotopic (exact) mass is 525 g/mol. The number of nitro benzene ring substituents is 1. The van der Waals surface area contributed by atoms with Crippen molar-refractivity contribution in [3.8, 4) is 11.1 Å². The van der Waals surface area contributed by atoms with Crippen molar-refractivity contribution in [2.75, 3.05) is 26.4 Å². The van der Waals surface area contributed by atoms with Crippen LogP contribution in [0.15, 0.2) is 84.9 Å². The summed E-state index contributed by atoms with van der Waals surface area (Å²) in [6.07, 6.45) is 2.65. The Morgan fingerprint density at radius 2 is 1.26 bits per heavy atom. The summed E-state index contributed by atoms with van der Waals surface area (Å²) >= 11 is 0. The van der Waals surface area contributed by atoms with Crippen LogP contribution < -0.4 is 0 Å². The normalized spacial score (nSPS) is 10.6. The summed E-state index contributed by atoms with van der Waals surface area (Å²) < 4.78 is 10.3. The van der Waals surface area contributed by atoms with Gasteiger partial charge < -0.3 is 14.6 Å². The Hall–Kier alpha value is -3.06. The quantitative estimate of drug-likeness (QED) is 0.164. The van der Waals surface area contributed by atoms with E-state index in [0.29, 0.717) is 25.9 Å². The molecule has 0 aliphatic heterocycles. The van der Waals surface area contributed by atoms with Crippen LogP contribution in [0.25, 0.3) is 11.1 Å². The largest absolute Gasteiger partial charge is 0.394 e. The molecule has 6 heteroatoms. The summed E-state index contributed by atoms with van der Waals surface area (Å²) in [4.78, 5) is 10.1. The van der Waals surface area contributed by atoms with Gasteiger partial charge in [0.2, 0.25) is 0 Å². The lowest BCUT2D eigenvalue weighted by Crippen LogP contribution is -2.12. The molecular formula is C32H47NO5. The lowest BCUT2D eigenvalue weighted by Gasteiger charge is -2.09. The van der Waals surface area contributed by atoms with Gasteiger partial charge in [-0.15, -0.1) is 0 Å². The molecule has 1 N–H and O–H groups in total. The van der Waals surface area contributed by atoms with Crippen LogP contribution in [0.3, 0.4) is 0 Å². The van der Waals surface area contributed by atoms with E-state index < -0.39 is 4.92 Å². The molecule has 0 spiro atoms. The molecule has 0 fully saturated rings. The van der Waals surface area contributed by atoms with Gasteiger partial charge in [-0.3, -0.25) is 10.1 Å². The Kier molecular flexibility index (Phi) is 21.2. The maximum absolute atomic E-state index is 10.5. The first-order chi connectivity index (χ1) is 18.2. The SMILES string of the molecule is CCC(C)C.CCC(C)OCCOCCO.Cc1ccccc1.O=[N+]([O-])c1ccc(-c2ccccc2)cc1. The molecule has 0 heterocycles. The van der Waals surface area contributed by atoms with Gasteiger partial charge in [-0.1, -0.05) is 100 Å². The molecule has 0 saturated carbocycles. The first-order valence-corrected chi connectivity index (χ1v) is 13.4. The number of benzene rings is 3. The number of hydrogen-bond donors (Lipinski definition) is 1. The molecule has 0 aromatic heterocycles. The molecule has 0 radical (unpaired) electrons. The Bertz CT molecular complexity index is 931. The lowest BCUT2D eigenvalue weighted by atomic mass is 10.1. The highest BCUT2D eigenvalue weighted by Gasteiger charge is 2.04. The van der Waals surface area contributed by atoms with Gasteiger partial charge in [0.15, 0.2) is 0 Å². The standard InChI is InChI=1S/C12H9NO2.C8H18O3.C7H8.C5H12/c14-13(15)12-8-6-11(7-9-12)10-4-2-1-3-5-10;1-3-8(2)11-7-6-10-5-4-9;1-7-5-3-2-4-6-7;1-4-5(2)3/h1-9H;8-9H,3-7H2,1-2H3;2-6H,1H3;5H,4H2,1-3H3. The van der Waals surface area contributed by atoms with Gasteiger partial charge in [-0.2, -0.15) is 0 Å². The lowest BCUT2D eigenvalue weighted by molar-refractivity contribution is -0.384. The van der Waals surface area contributed by atoms with Gasteiger partial charge >= 0.3 is 0 Å². The van der Waals surface area contributed by atoms with E-state index in [9.17, 15) is 10.1 Å². The molecule has 3 rings (SSSR count). The van der Waals surface area contributed by atoms with E-state index in [4.69, 9.17) is 14.6 Å². The minimum absolute atomic E-state index is 0.0866. The smallest absolute Gasteiger partial charge is 0.269 e. The third kappa shape index (κ3) is 19.1. The van der Waals surface area contributed by atoms with E-state index in [0.717, 1.165) is 23.5 Å². The van der Waals surface area contributed by atoms with Crippen molar-refractivity contribution in [1.82, 2.24) is 0 Å². The Balaban J connectivity index is 0.000000523. The van der Waals surface area contributed by atoms with E-state index in [1.807, 2.05) is 55.5 Å². The summed E-state index contributed by atoms with van der Waals surface area (Å²) in [6.45, 7) is 14.5. The topological polar surface area (TPSA) is 81.8 Å². The Morgan fingerprint density at radius 1 is 0.763 bits per heavy atom. The number of nitrogens with zero attached hydrogens (tertiary/aromatic N) is 1. The maximum atomic E-state index is 10.5. The van der Waals surface area contributed by atoms with E-state index >= 15 is 0 Å². The van der Waals surface area contributed by atoms with Gasteiger partial charge in [-0.25, -0.2) is 0 Å². The maximum Gasteiger partial charge on any atom is 0.269 e. The number of non-ortho nitro benzene ring substituents is 1. The molecule has 0 bridgehead atoms. The van der Waals surface area contributed by atoms with Crippen LogP contribution in [0.5, 0.6) is 0 Å². The molecule has 0 saturated heterocycles. The fourth-order valence-corrected chi connectivity index (χ4v) is 2.53. The van der Waals surface area contributed by atoms with Crippen molar-refractivity contribution in [2.24, 2.45) is 5.92 Å². The Morgan fingerprint density at radius 3 is 1.66 bits per heavy atom. The zero-order chi connectivity index (χ0) is 28.6. The third-order valence-corrected chi connectivity index (χ3v) is 5.38. The van der Waals surface area contributed by atoms with Crippen LogP contribution in [0, 0.1) is 23.0 Å². The summed E-state index contributed by atoms with van der Waals surface area (Å²) in [5, 5.41) is 18.8. The number of nitro groups is 1. The van der Waals surface area contributed by atoms with Crippen LogP contribution in [-0.2, 0) is 9.47 Å². The van der Waals surface area contributed by atoms with Crippen molar-refractivity contribution < 1.29 is 19.5 Å². The first-order valence-electron chi connectivity index (χ1n) is 13.4. The predicted molar refractivity (Wildman–Crippen MR) is 158 cm³/mol. The minimum atomic E-state index is -0.394. The second-order valence-electron chi connectivity index (χ2n) is 9.05. The number of aliphatic hydroxyl groups is 1. The zero-order valence-electron chi connectivity index (χ0n) is 24.0. The van der Waals surface area contributed by atoms with E-state index in [1.165, 1.54) is 24.1 Å². The highest BCUT2D eigenvalue weighted by molar-refractivity contribution is 5.64. The van der Waals surface area contributed by atoms with E-state index in [1.54, 1.807) is 12.1 Å². The molecule has 210 valence electrons. The third-order valence-electron chi connectivity index (χ3n) is 5.38. The second-order valence-corrected chi connectivity index (χ2v) is 9.05. The average Bonchev–Trinajstić information content (AvgIpc) is 2.94. The van der Waals surface area contributed by atoms with Crippen molar-refractivity contribution in [2.45, 2.75) is 60.5 Å². The highest BCUT2D eigenvalue weighted by Crippen LogP contribution is 2.21. The van der Waals surface area contributed by atoms with Crippen LogP contribution >= 0.6 is 0 Å². The van der Waals surface area contributed by atoms with Crippen molar-refractivity contribution in [3.05, 3.63) is 101 Å². The molecule has 3 aromatic carbocycles. The zero-order valence-corrected chi connectivity index (χ0v) is 24.0. The molecule has 1 atom stereocenters. The summed E-state index contributed by atoms with van der Waals surface area (Å²) in [5.41, 5.74) is 3.49. The van der Waals surface area contributed by atoms with E-state index in [2.05, 4.69) is 46.8 Å². The molecule has 0 amide bonds. The number of ether oxygens (including phenoxy) is 2. The molecule has 0 aliphatic carbocycles. The average molecular weight is 526 g/mol. The van der Waals surface area contributed by atoms with Crippen LogP contribution in [0.2, 0.25) is 0 Å². The number of rotatable bonds is 10. The minimum Gasteiger partial charge on any atom is -0.394 e. The summed E-state index contributed by atoms with van der Waals surface area (Å²) in [5.74, 6) is 0.884.